The Morgan fingerprint density at radius 2 is 1.95 bits per heavy atom. The lowest BCUT2D eigenvalue weighted by molar-refractivity contribution is 0.103. The van der Waals surface area contributed by atoms with E-state index < -0.39 is 0 Å². The molecule has 0 saturated heterocycles. The molecule has 4 rings (SSSR count). The van der Waals surface area contributed by atoms with Crippen LogP contribution in [0.5, 0.6) is 0 Å². The van der Waals surface area contributed by atoms with E-state index >= 15 is 0 Å². The number of carbonyl (C=O) groups is 1. The number of H-pyrrole nitrogens is 1. The fraction of sp³-hybridized carbons (Fsp3) is 0.0556. The first-order valence-corrected chi connectivity index (χ1v) is 6.83. The molecule has 0 aliphatic heterocycles. The molecular formula is C18H12FNO. The maximum atomic E-state index is 13.7. The van der Waals surface area contributed by atoms with Crippen LogP contribution in [0.15, 0.2) is 54.2 Å². The van der Waals surface area contributed by atoms with Crippen LogP contribution >= 0.6 is 0 Å². The maximum Gasteiger partial charge on any atom is 0.191 e. The van der Waals surface area contributed by atoms with Crippen molar-refractivity contribution in [3.63, 3.8) is 0 Å². The Morgan fingerprint density at radius 3 is 2.81 bits per heavy atom. The molecular weight excluding hydrogens is 265 g/mol. The maximum absolute atomic E-state index is 13.7. The number of benzene rings is 2. The third-order valence-corrected chi connectivity index (χ3v) is 3.97. The summed E-state index contributed by atoms with van der Waals surface area (Å²) in [5.41, 5.74) is 3.92. The molecule has 2 aromatic carbocycles. The van der Waals surface area contributed by atoms with Gasteiger partial charge in [0.1, 0.15) is 5.82 Å². The second-order valence-corrected chi connectivity index (χ2v) is 5.24. The lowest BCUT2D eigenvalue weighted by atomic mass is 10.0. The highest BCUT2D eigenvalue weighted by Crippen LogP contribution is 2.29. The van der Waals surface area contributed by atoms with Crippen molar-refractivity contribution in [2.24, 2.45) is 0 Å². The molecule has 3 aromatic rings. The van der Waals surface area contributed by atoms with Crippen molar-refractivity contribution >= 4 is 22.8 Å². The molecule has 1 aromatic heterocycles. The molecule has 0 saturated carbocycles. The van der Waals surface area contributed by atoms with Crippen LogP contribution in [0.1, 0.15) is 21.5 Å². The topological polar surface area (TPSA) is 32.9 Å². The lowest BCUT2D eigenvalue weighted by Crippen LogP contribution is -2.02. The first-order valence-electron chi connectivity index (χ1n) is 6.83. The molecule has 2 nitrogen and oxygen atoms in total. The smallest absolute Gasteiger partial charge is 0.191 e. The zero-order chi connectivity index (χ0) is 14.4. The van der Waals surface area contributed by atoms with Crippen LogP contribution in [0.4, 0.5) is 4.39 Å². The lowest BCUT2D eigenvalue weighted by Gasteiger charge is -2.00. The number of carbonyl (C=O) groups excluding carboxylic acids is 1. The number of Topliss-reactive ketones (excluding diaryl/α,β-unsaturated/α-hetero) is 1. The van der Waals surface area contributed by atoms with Gasteiger partial charge in [-0.25, -0.2) is 4.39 Å². The minimum atomic E-state index is -0.338. The van der Waals surface area contributed by atoms with E-state index in [1.165, 1.54) is 6.07 Å². The number of halogens is 1. The van der Waals surface area contributed by atoms with Gasteiger partial charge in [0.2, 0.25) is 0 Å². The Hall–Kier alpha value is -2.68. The summed E-state index contributed by atoms with van der Waals surface area (Å²) in [4.78, 5) is 15.6. The Morgan fingerprint density at radius 1 is 1.10 bits per heavy atom. The quantitative estimate of drug-likeness (QED) is 0.702. The number of nitrogens with one attached hydrogen (secondary N) is 1. The van der Waals surface area contributed by atoms with Crippen LogP contribution in [0, 0.1) is 5.82 Å². The monoisotopic (exact) mass is 277 g/mol. The first kappa shape index (κ1) is 12.1. The predicted molar refractivity (Wildman–Crippen MR) is 80.7 cm³/mol. The van der Waals surface area contributed by atoms with E-state index in [4.69, 9.17) is 0 Å². The minimum absolute atomic E-state index is 0.0388. The number of fused-ring (bicyclic) bond motifs is 2. The van der Waals surface area contributed by atoms with Gasteiger partial charge in [-0.15, -0.1) is 0 Å². The Kier molecular flexibility index (Phi) is 2.54. The van der Waals surface area contributed by atoms with Gasteiger partial charge in [0, 0.05) is 29.1 Å². The SMILES string of the molecule is O=C(C1=Cc2ccccc2C1)c1c[nH]c2c(F)cccc12. The molecule has 21 heavy (non-hydrogen) atoms. The highest BCUT2D eigenvalue weighted by Gasteiger charge is 2.22. The zero-order valence-electron chi connectivity index (χ0n) is 11.2. The standard InChI is InChI=1S/C18H12FNO/c19-16-7-3-6-14-15(10-20-17(14)16)18(21)13-8-11-4-1-2-5-12(11)9-13/h1-8,10,20H,9H2. The van der Waals surface area contributed by atoms with Crippen molar-refractivity contribution < 1.29 is 9.18 Å². The molecule has 0 fully saturated rings. The van der Waals surface area contributed by atoms with Gasteiger partial charge in [0.25, 0.3) is 0 Å². The van der Waals surface area contributed by atoms with Crippen molar-refractivity contribution in [1.82, 2.24) is 4.98 Å². The Balaban J connectivity index is 1.78. The second kappa shape index (κ2) is 4.42. The van der Waals surface area contributed by atoms with Gasteiger partial charge >= 0.3 is 0 Å². The van der Waals surface area contributed by atoms with Crippen molar-refractivity contribution in [3.05, 3.63) is 76.7 Å². The number of para-hydroxylation sites is 1. The number of allylic oxidation sites excluding steroid dienone is 1. The average molecular weight is 277 g/mol. The van der Waals surface area contributed by atoms with E-state index in [1.807, 2.05) is 30.3 Å². The molecule has 0 amide bonds. The van der Waals surface area contributed by atoms with Crippen LogP contribution in [0.2, 0.25) is 0 Å². The molecule has 0 spiro atoms. The third-order valence-electron chi connectivity index (χ3n) is 3.97. The van der Waals surface area contributed by atoms with E-state index in [0.717, 1.165) is 16.7 Å². The Bertz CT molecular complexity index is 904. The molecule has 1 aliphatic rings. The Labute approximate surface area is 120 Å². The molecule has 0 atom stereocenters. The summed E-state index contributed by atoms with van der Waals surface area (Å²) >= 11 is 0. The molecule has 0 bridgehead atoms. The summed E-state index contributed by atoms with van der Waals surface area (Å²) in [6.07, 6.45) is 4.16. The van der Waals surface area contributed by atoms with E-state index in [0.29, 0.717) is 22.9 Å². The van der Waals surface area contributed by atoms with E-state index in [1.54, 1.807) is 18.3 Å². The van der Waals surface area contributed by atoms with Crippen LogP contribution in [0.3, 0.4) is 0 Å². The largest absolute Gasteiger partial charge is 0.358 e. The summed E-state index contributed by atoms with van der Waals surface area (Å²) in [6, 6.07) is 12.7. The number of aromatic amines is 1. The predicted octanol–water partition coefficient (Wildman–Crippen LogP) is 4.13. The van der Waals surface area contributed by atoms with Crippen molar-refractivity contribution in [2.45, 2.75) is 6.42 Å². The molecule has 1 heterocycles. The summed E-state index contributed by atoms with van der Waals surface area (Å²) in [7, 11) is 0. The van der Waals surface area contributed by atoms with Crippen molar-refractivity contribution in [1.29, 1.82) is 0 Å². The molecule has 1 aliphatic carbocycles. The molecule has 102 valence electrons. The molecule has 0 unspecified atom stereocenters. The number of ketones is 1. The highest BCUT2D eigenvalue weighted by atomic mass is 19.1. The zero-order valence-corrected chi connectivity index (χ0v) is 11.2. The third kappa shape index (κ3) is 1.82. The van der Waals surface area contributed by atoms with Crippen molar-refractivity contribution in [3.8, 4) is 0 Å². The van der Waals surface area contributed by atoms with Crippen LogP contribution in [-0.4, -0.2) is 10.8 Å². The van der Waals surface area contributed by atoms with E-state index in [2.05, 4.69) is 4.98 Å². The van der Waals surface area contributed by atoms with E-state index in [-0.39, 0.29) is 11.6 Å². The molecule has 0 radical (unpaired) electrons. The highest BCUT2D eigenvalue weighted by molar-refractivity contribution is 6.18. The number of aromatic nitrogens is 1. The first-order chi connectivity index (χ1) is 10.2. The fourth-order valence-electron chi connectivity index (χ4n) is 2.90. The molecule has 3 heteroatoms. The summed E-state index contributed by atoms with van der Waals surface area (Å²) < 4.78 is 13.7. The van der Waals surface area contributed by atoms with Gasteiger partial charge in [-0.3, -0.25) is 4.79 Å². The van der Waals surface area contributed by atoms with Gasteiger partial charge in [0.15, 0.2) is 5.78 Å². The van der Waals surface area contributed by atoms with Gasteiger partial charge < -0.3 is 4.98 Å². The van der Waals surface area contributed by atoms with E-state index in [9.17, 15) is 9.18 Å². The van der Waals surface area contributed by atoms with Crippen LogP contribution < -0.4 is 0 Å². The normalized spacial score (nSPS) is 13.3. The second-order valence-electron chi connectivity index (χ2n) is 5.24. The number of hydrogen-bond donors (Lipinski definition) is 1. The molecule has 1 N–H and O–H groups in total. The van der Waals surface area contributed by atoms with Gasteiger partial charge in [-0.1, -0.05) is 36.4 Å². The van der Waals surface area contributed by atoms with Crippen molar-refractivity contribution in [2.75, 3.05) is 0 Å². The number of hydrogen-bond acceptors (Lipinski definition) is 1. The van der Waals surface area contributed by atoms with Crippen LogP contribution in [0.25, 0.3) is 17.0 Å². The van der Waals surface area contributed by atoms with Crippen LogP contribution in [-0.2, 0) is 6.42 Å². The summed E-state index contributed by atoms with van der Waals surface area (Å²) in [5, 5.41) is 0.636. The number of rotatable bonds is 2. The van der Waals surface area contributed by atoms with Gasteiger partial charge in [0.05, 0.1) is 5.52 Å². The summed E-state index contributed by atoms with van der Waals surface area (Å²) in [6.45, 7) is 0. The average Bonchev–Trinajstić information content (AvgIpc) is 3.11. The van der Waals surface area contributed by atoms with Gasteiger partial charge in [-0.2, -0.15) is 0 Å². The minimum Gasteiger partial charge on any atom is -0.358 e. The fourth-order valence-corrected chi connectivity index (χ4v) is 2.90. The summed E-state index contributed by atoms with van der Waals surface area (Å²) in [5.74, 6) is -0.377. The van der Waals surface area contributed by atoms with Gasteiger partial charge in [-0.05, 0) is 23.3 Å².